The highest BCUT2D eigenvalue weighted by Gasteiger charge is 2.23. The maximum absolute atomic E-state index is 13.5. The van der Waals surface area contributed by atoms with Crippen LogP contribution in [-0.2, 0) is 13.0 Å². The molecular weight excluding hydrogens is 409 g/mol. The van der Waals surface area contributed by atoms with Crippen molar-refractivity contribution in [1.82, 2.24) is 19.6 Å². The van der Waals surface area contributed by atoms with Crippen LogP contribution in [0.3, 0.4) is 0 Å². The zero-order valence-electron chi connectivity index (χ0n) is 18.0. The molecule has 2 atom stereocenters. The Labute approximate surface area is 186 Å². The lowest BCUT2D eigenvalue weighted by Gasteiger charge is -2.30. The number of anilines is 1. The third kappa shape index (κ3) is 4.47. The number of aromatic nitrogens is 2. The molecule has 0 radical (unpaired) electrons. The summed E-state index contributed by atoms with van der Waals surface area (Å²) in [6.45, 7) is 3.48. The molecule has 4 heterocycles. The van der Waals surface area contributed by atoms with Gasteiger partial charge in [-0.25, -0.2) is 9.37 Å². The molecule has 7 nitrogen and oxygen atoms in total. The van der Waals surface area contributed by atoms with Gasteiger partial charge in [-0.2, -0.15) is 0 Å². The van der Waals surface area contributed by atoms with Crippen LogP contribution in [0.2, 0.25) is 0 Å². The van der Waals surface area contributed by atoms with Crippen molar-refractivity contribution in [3.63, 3.8) is 0 Å². The van der Waals surface area contributed by atoms with Gasteiger partial charge in [-0.05, 0) is 36.1 Å². The van der Waals surface area contributed by atoms with Crippen molar-refractivity contribution in [2.24, 2.45) is 0 Å². The van der Waals surface area contributed by atoms with Gasteiger partial charge in [0.25, 0.3) is 5.91 Å². The zero-order chi connectivity index (χ0) is 22.1. The summed E-state index contributed by atoms with van der Waals surface area (Å²) in [6.07, 6.45) is 3.62. The summed E-state index contributed by atoms with van der Waals surface area (Å²) in [4.78, 5) is 21.2. The number of halogens is 1. The van der Waals surface area contributed by atoms with Gasteiger partial charge < -0.3 is 19.7 Å². The van der Waals surface area contributed by atoms with E-state index in [2.05, 4.69) is 33.4 Å². The number of benzene rings is 1. The van der Waals surface area contributed by atoms with E-state index in [0.717, 1.165) is 25.2 Å². The predicted octanol–water partition coefficient (Wildman–Crippen LogP) is 2.03. The number of hydrogen-bond acceptors (Lipinski definition) is 5. The van der Waals surface area contributed by atoms with E-state index in [4.69, 9.17) is 0 Å². The van der Waals surface area contributed by atoms with Gasteiger partial charge in [-0.1, -0.05) is 24.3 Å². The van der Waals surface area contributed by atoms with Crippen LogP contribution < -0.4 is 10.2 Å². The first-order chi connectivity index (χ1) is 15.5. The Balaban J connectivity index is 1.16. The Bertz CT molecular complexity index is 1120. The Kier molecular flexibility index (Phi) is 5.80. The molecule has 8 heteroatoms. The van der Waals surface area contributed by atoms with E-state index in [1.54, 1.807) is 10.6 Å². The highest BCUT2D eigenvalue weighted by Crippen LogP contribution is 2.23. The number of carbonyl (C=O) groups is 1. The largest absolute Gasteiger partial charge is 0.390 e. The fourth-order valence-corrected chi connectivity index (χ4v) is 4.60. The second-order valence-corrected chi connectivity index (χ2v) is 8.73. The van der Waals surface area contributed by atoms with E-state index >= 15 is 0 Å². The second-order valence-electron chi connectivity index (χ2n) is 8.73. The molecule has 1 saturated heterocycles. The van der Waals surface area contributed by atoms with Crippen molar-refractivity contribution in [2.75, 3.05) is 37.6 Å². The molecule has 2 aliphatic rings. The van der Waals surface area contributed by atoms with Gasteiger partial charge >= 0.3 is 0 Å². The van der Waals surface area contributed by atoms with Crippen LogP contribution in [0.1, 0.15) is 28.0 Å². The minimum Gasteiger partial charge on any atom is -0.390 e. The van der Waals surface area contributed by atoms with Crippen molar-refractivity contribution < 1.29 is 14.3 Å². The van der Waals surface area contributed by atoms with Gasteiger partial charge in [-0.3, -0.25) is 9.69 Å². The number of nitrogens with one attached hydrogen (secondary N) is 1. The average Bonchev–Trinajstić information content (AvgIpc) is 3.43. The average molecular weight is 438 g/mol. The van der Waals surface area contributed by atoms with Crippen LogP contribution in [0.4, 0.5) is 10.1 Å². The summed E-state index contributed by atoms with van der Waals surface area (Å²) in [5.74, 6) is -0.316. The normalized spacial score (nSPS) is 19.8. The molecule has 1 aromatic carbocycles. The molecule has 2 aromatic heterocycles. The quantitative estimate of drug-likeness (QED) is 0.618. The number of nitrogens with zero attached hydrogens (tertiary/aromatic N) is 4. The van der Waals surface area contributed by atoms with Crippen LogP contribution in [0.15, 0.2) is 48.8 Å². The summed E-state index contributed by atoms with van der Waals surface area (Å²) in [6, 6.07) is 12.1. The molecule has 1 fully saturated rings. The maximum atomic E-state index is 13.5. The first-order valence-corrected chi connectivity index (χ1v) is 11.2. The molecule has 2 aliphatic heterocycles. The Morgan fingerprint density at radius 1 is 1.19 bits per heavy atom. The number of hydrogen-bond donors (Lipinski definition) is 2. The lowest BCUT2D eigenvalue weighted by molar-refractivity contribution is 0.0838. The van der Waals surface area contributed by atoms with E-state index in [-0.39, 0.29) is 12.5 Å². The Morgan fingerprint density at radius 2 is 2.03 bits per heavy atom. The molecule has 32 heavy (non-hydrogen) atoms. The van der Waals surface area contributed by atoms with Crippen molar-refractivity contribution >= 4 is 17.2 Å². The van der Waals surface area contributed by atoms with Crippen molar-refractivity contribution in [2.45, 2.75) is 31.7 Å². The van der Waals surface area contributed by atoms with Crippen molar-refractivity contribution in [1.29, 1.82) is 0 Å². The molecule has 0 spiro atoms. The second kappa shape index (κ2) is 8.88. The number of carbonyl (C=O) groups excluding carboxylic acids is 1. The fourth-order valence-electron chi connectivity index (χ4n) is 4.60. The van der Waals surface area contributed by atoms with Gasteiger partial charge in [0.15, 0.2) is 0 Å². The number of rotatable bonds is 6. The highest BCUT2D eigenvalue weighted by molar-refractivity contribution is 5.92. The number of β-amino-alcohol motifs (C(OH)–C–C–N with tert-alkyl or cyclic N) is 1. The summed E-state index contributed by atoms with van der Waals surface area (Å²) in [7, 11) is 0. The van der Waals surface area contributed by atoms with E-state index in [0.29, 0.717) is 37.4 Å². The lowest BCUT2D eigenvalue weighted by Crippen LogP contribution is -2.42. The van der Waals surface area contributed by atoms with Crippen LogP contribution in [-0.4, -0.2) is 70.3 Å². The van der Waals surface area contributed by atoms with Crippen LogP contribution >= 0.6 is 0 Å². The first-order valence-electron chi connectivity index (χ1n) is 11.2. The molecule has 1 unspecified atom stereocenters. The summed E-state index contributed by atoms with van der Waals surface area (Å²) < 4.78 is 15.3. The number of aliphatic hydroxyl groups is 1. The van der Waals surface area contributed by atoms with Crippen molar-refractivity contribution in [3.05, 3.63) is 65.6 Å². The molecule has 1 amide bonds. The number of aliphatic hydroxyl groups excluding tert-OH is 1. The SMILES string of the molecule is O=C(NC[C@H](O)CN1CCc2ccccc2C1)c1cn2cc(N3CCC(F)C3)ccc2n1. The minimum absolute atomic E-state index is 0.168. The van der Waals surface area contributed by atoms with Crippen molar-refractivity contribution in [3.8, 4) is 0 Å². The topological polar surface area (TPSA) is 73.1 Å². The minimum atomic E-state index is -0.791. The van der Waals surface area contributed by atoms with Gasteiger partial charge in [0.05, 0.1) is 11.8 Å². The fraction of sp³-hybridized carbons (Fsp3) is 0.417. The zero-order valence-corrected chi connectivity index (χ0v) is 18.0. The molecular formula is C24H28FN5O2. The van der Waals surface area contributed by atoms with E-state index < -0.39 is 12.3 Å². The summed E-state index contributed by atoms with van der Waals surface area (Å²) in [5, 5.41) is 13.2. The number of imidazole rings is 1. The van der Waals surface area contributed by atoms with Gasteiger partial charge in [0, 0.05) is 51.7 Å². The number of pyridine rings is 1. The maximum Gasteiger partial charge on any atom is 0.271 e. The molecule has 0 bridgehead atoms. The standard InChI is InChI=1S/C24H28FN5O2/c25-19-8-10-29(13-19)20-5-6-23-27-22(16-30(23)14-20)24(32)26-11-21(31)15-28-9-7-17-3-1-2-4-18(17)12-28/h1-6,14,16,19,21,31H,7-13,15H2,(H,26,32)/t19?,21-/m0/s1. The van der Waals surface area contributed by atoms with Crippen LogP contribution in [0.25, 0.3) is 5.65 Å². The molecule has 2 N–H and O–H groups in total. The van der Waals surface area contributed by atoms with E-state index in [1.807, 2.05) is 29.3 Å². The Hall–Kier alpha value is -2.97. The molecule has 3 aromatic rings. The van der Waals surface area contributed by atoms with Gasteiger partial charge in [-0.15, -0.1) is 0 Å². The molecule has 0 aliphatic carbocycles. The molecule has 168 valence electrons. The van der Waals surface area contributed by atoms with Crippen LogP contribution in [0.5, 0.6) is 0 Å². The molecule has 0 saturated carbocycles. The summed E-state index contributed by atoms with van der Waals surface area (Å²) in [5.41, 5.74) is 4.54. The Morgan fingerprint density at radius 3 is 2.84 bits per heavy atom. The number of amides is 1. The lowest BCUT2D eigenvalue weighted by atomic mass is 10.00. The monoisotopic (exact) mass is 437 g/mol. The first kappa shape index (κ1) is 20.9. The predicted molar refractivity (Wildman–Crippen MR) is 121 cm³/mol. The third-order valence-corrected chi connectivity index (χ3v) is 6.34. The number of alkyl halides is 1. The van der Waals surface area contributed by atoms with E-state index in [9.17, 15) is 14.3 Å². The van der Waals surface area contributed by atoms with Crippen LogP contribution in [0, 0.1) is 0 Å². The van der Waals surface area contributed by atoms with Gasteiger partial charge in [0.1, 0.15) is 17.5 Å². The highest BCUT2D eigenvalue weighted by atomic mass is 19.1. The smallest absolute Gasteiger partial charge is 0.271 e. The molecule has 5 rings (SSSR count). The third-order valence-electron chi connectivity index (χ3n) is 6.34. The van der Waals surface area contributed by atoms with E-state index in [1.165, 1.54) is 11.1 Å². The summed E-state index contributed by atoms with van der Waals surface area (Å²) >= 11 is 0. The number of fused-ring (bicyclic) bond motifs is 2. The van der Waals surface area contributed by atoms with Gasteiger partial charge in [0.2, 0.25) is 0 Å².